The van der Waals surface area contributed by atoms with E-state index in [1.165, 1.54) is 0 Å². The number of amides is 1. The van der Waals surface area contributed by atoms with Gasteiger partial charge < -0.3 is 20.8 Å². The van der Waals surface area contributed by atoms with Crippen LogP contribution in [0, 0.1) is 5.92 Å². The maximum Gasteiger partial charge on any atom is 0.268 e. The zero-order chi connectivity index (χ0) is 13.7. The molecule has 1 aliphatic carbocycles. The van der Waals surface area contributed by atoms with E-state index < -0.39 is 0 Å². The Morgan fingerprint density at radius 3 is 3.10 bits per heavy atom. The summed E-state index contributed by atoms with van der Waals surface area (Å²) in [5, 5.41) is 4.03. The van der Waals surface area contributed by atoms with Gasteiger partial charge in [-0.15, -0.1) is 0 Å². The third kappa shape index (κ3) is 1.67. The van der Waals surface area contributed by atoms with Crippen LogP contribution < -0.4 is 11.1 Å². The van der Waals surface area contributed by atoms with Crippen LogP contribution in [0.4, 0.5) is 0 Å². The topological polar surface area (TPSA) is 80.1 Å². The molecule has 4 unspecified atom stereocenters. The molecule has 0 bridgehead atoms. The second-order valence-electron chi connectivity index (χ2n) is 5.63. The van der Waals surface area contributed by atoms with Crippen molar-refractivity contribution in [3.05, 3.63) is 36.0 Å². The Labute approximate surface area is 116 Å². The first kappa shape index (κ1) is 11.9. The second kappa shape index (κ2) is 4.33. The maximum atomic E-state index is 12.3. The smallest absolute Gasteiger partial charge is 0.268 e. The minimum absolute atomic E-state index is 0.0100. The van der Waals surface area contributed by atoms with E-state index in [9.17, 15) is 4.79 Å². The molecule has 20 heavy (non-hydrogen) atoms. The molecule has 1 saturated heterocycles. The maximum absolute atomic E-state index is 12.3. The van der Waals surface area contributed by atoms with Gasteiger partial charge in [0.2, 0.25) is 0 Å². The third-order valence-electron chi connectivity index (χ3n) is 4.52. The van der Waals surface area contributed by atoms with Crippen LogP contribution in [0.1, 0.15) is 16.9 Å². The number of ether oxygens (including phenoxy) is 1. The standard InChI is InChI=1S/C15H17N3O2/c16-12-9-5-6-20-14(9)13(12)18-15(19)11-7-8-3-1-2-4-10(8)17-11/h1-4,7,9,12-14,17H,5-6,16H2,(H,18,19). The Bertz CT molecular complexity index is 633. The molecule has 1 amide bonds. The average molecular weight is 271 g/mol. The first-order chi connectivity index (χ1) is 9.74. The lowest BCUT2D eigenvalue weighted by molar-refractivity contribution is -0.0161. The minimum Gasteiger partial charge on any atom is -0.376 e. The van der Waals surface area contributed by atoms with Gasteiger partial charge in [0.25, 0.3) is 5.91 Å². The van der Waals surface area contributed by atoms with Gasteiger partial charge in [0.05, 0.1) is 12.1 Å². The van der Waals surface area contributed by atoms with Crippen LogP contribution in [0.5, 0.6) is 0 Å². The lowest BCUT2D eigenvalue weighted by atomic mass is 9.72. The van der Waals surface area contributed by atoms with Gasteiger partial charge >= 0.3 is 0 Å². The molecule has 2 aliphatic rings. The second-order valence-corrected chi connectivity index (χ2v) is 5.63. The highest BCUT2D eigenvalue weighted by Crippen LogP contribution is 2.37. The van der Waals surface area contributed by atoms with Crippen LogP contribution in [-0.4, -0.2) is 35.7 Å². The van der Waals surface area contributed by atoms with Crippen LogP contribution in [0.15, 0.2) is 30.3 Å². The summed E-state index contributed by atoms with van der Waals surface area (Å²) in [6.07, 6.45) is 1.10. The van der Waals surface area contributed by atoms with Gasteiger partial charge in [-0.25, -0.2) is 0 Å². The predicted molar refractivity (Wildman–Crippen MR) is 75.4 cm³/mol. The number of benzene rings is 1. The molecule has 2 heterocycles. The van der Waals surface area contributed by atoms with Gasteiger partial charge in [0, 0.05) is 29.5 Å². The number of nitrogens with two attached hydrogens (primary N) is 1. The molecule has 1 aliphatic heterocycles. The molecule has 2 fully saturated rings. The molecule has 4 N–H and O–H groups in total. The molecule has 2 aromatic rings. The van der Waals surface area contributed by atoms with E-state index in [2.05, 4.69) is 10.3 Å². The van der Waals surface area contributed by atoms with Gasteiger partial charge in [-0.05, 0) is 18.6 Å². The molecule has 5 nitrogen and oxygen atoms in total. The molecule has 1 aromatic heterocycles. The highest BCUT2D eigenvalue weighted by Gasteiger charge is 2.52. The molecular formula is C15H17N3O2. The van der Waals surface area contributed by atoms with Crippen LogP contribution >= 0.6 is 0 Å². The molecule has 5 heteroatoms. The van der Waals surface area contributed by atoms with E-state index in [1.807, 2.05) is 30.3 Å². The fraction of sp³-hybridized carbons (Fsp3) is 0.400. The molecule has 1 saturated carbocycles. The molecule has 4 rings (SSSR count). The van der Waals surface area contributed by atoms with Crippen molar-refractivity contribution in [1.82, 2.24) is 10.3 Å². The van der Waals surface area contributed by atoms with Crippen molar-refractivity contribution in [3.63, 3.8) is 0 Å². The van der Waals surface area contributed by atoms with Gasteiger partial charge in [-0.1, -0.05) is 18.2 Å². The number of aromatic amines is 1. The van der Waals surface area contributed by atoms with Crippen molar-refractivity contribution in [2.45, 2.75) is 24.6 Å². The van der Waals surface area contributed by atoms with Gasteiger partial charge in [-0.2, -0.15) is 0 Å². The van der Waals surface area contributed by atoms with Gasteiger partial charge in [0.1, 0.15) is 5.69 Å². The number of carbonyl (C=O) groups excluding carboxylic acids is 1. The number of nitrogens with one attached hydrogen (secondary N) is 2. The van der Waals surface area contributed by atoms with Crippen molar-refractivity contribution in [2.24, 2.45) is 11.7 Å². The van der Waals surface area contributed by atoms with E-state index in [1.54, 1.807) is 0 Å². The molecular weight excluding hydrogens is 254 g/mol. The van der Waals surface area contributed by atoms with Crippen LogP contribution in [0.3, 0.4) is 0 Å². The number of carbonyl (C=O) groups is 1. The van der Waals surface area contributed by atoms with E-state index in [4.69, 9.17) is 10.5 Å². The Balaban J connectivity index is 1.53. The number of rotatable bonds is 2. The summed E-state index contributed by atoms with van der Waals surface area (Å²) in [6.45, 7) is 0.752. The fourth-order valence-corrected chi connectivity index (χ4v) is 3.35. The van der Waals surface area contributed by atoms with Crippen LogP contribution in [-0.2, 0) is 4.74 Å². The molecule has 4 atom stereocenters. The van der Waals surface area contributed by atoms with Crippen LogP contribution in [0.2, 0.25) is 0 Å². The summed E-state index contributed by atoms with van der Waals surface area (Å²) in [4.78, 5) is 15.4. The first-order valence-electron chi connectivity index (χ1n) is 7.00. The van der Waals surface area contributed by atoms with E-state index in [0.717, 1.165) is 23.9 Å². The summed E-state index contributed by atoms with van der Waals surface area (Å²) in [5.74, 6) is 0.290. The largest absolute Gasteiger partial charge is 0.376 e. The number of aromatic nitrogens is 1. The highest BCUT2D eigenvalue weighted by atomic mass is 16.5. The zero-order valence-electron chi connectivity index (χ0n) is 11.0. The normalized spacial score (nSPS) is 31.9. The van der Waals surface area contributed by atoms with Crippen molar-refractivity contribution in [2.75, 3.05) is 6.61 Å². The molecule has 0 radical (unpaired) electrons. The predicted octanol–water partition coefficient (Wildman–Crippen LogP) is 1.01. The summed E-state index contributed by atoms with van der Waals surface area (Å²) in [7, 11) is 0. The molecule has 104 valence electrons. The van der Waals surface area contributed by atoms with Crippen LogP contribution in [0.25, 0.3) is 10.9 Å². The van der Waals surface area contributed by atoms with E-state index in [0.29, 0.717) is 11.6 Å². The van der Waals surface area contributed by atoms with E-state index >= 15 is 0 Å². The van der Waals surface area contributed by atoms with Crippen molar-refractivity contribution in [3.8, 4) is 0 Å². The van der Waals surface area contributed by atoms with Gasteiger partial charge in [0.15, 0.2) is 0 Å². The summed E-state index contributed by atoms with van der Waals surface area (Å²) in [5.41, 5.74) is 7.64. The monoisotopic (exact) mass is 271 g/mol. The number of H-pyrrole nitrogens is 1. The highest BCUT2D eigenvalue weighted by molar-refractivity contribution is 5.98. The lowest BCUT2D eigenvalue weighted by Gasteiger charge is -2.45. The van der Waals surface area contributed by atoms with Crippen molar-refractivity contribution in [1.29, 1.82) is 0 Å². The Morgan fingerprint density at radius 2 is 2.25 bits per heavy atom. The summed E-state index contributed by atoms with van der Waals surface area (Å²) in [6, 6.07) is 9.64. The zero-order valence-corrected chi connectivity index (χ0v) is 11.0. The summed E-state index contributed by atoms with van der Waals surface area (Å²) >= 11 is 0. The summed E-state index contributed by atoms with van der Waals surface area (Å²) < 4.78 is 5.63. The van der Waals surface area contributed by atoms with Crippen molar-refractivity contribution < 1.29 is 9.53 Å². The third-order valence-corrected chi connectivity index (χ3v) is 4.52. The minimum atomic E-state index is -0.115. The van der Waals surface area contributed by atoms with Gasteiger partial charge in [-0.3, -0.25) is 4.79 Å². The number of para-hydroxylation sites is 1. The number of hydrogen-bond donors (Lipinski definition) is 3. The Kier molecular flexibility index (Phi) is 2.58. The van der Waals surface area contributed by atoms with Crippen molar-refractivity contribution >= 4 is 16.8 Å². The molecule has 1 aromatic carbocycles. The molecule has 0 spiro atoms. The van der Waals surface area contributed by atoms with E-state index in [-0.39, 0.29) is 24.1 Å². The average Bonchev–Trinajstić information content (AvgIpc) is 3.08. The fourth-order valence-electron chi connectivity index (χ4n) is 3.35. The lowest BCUT2D eigenvalue weighted by Crippen LogP contribution is -2.68. The number of fused-ring (bicyclic) bond motifs is 2. The first-order valence-corrected chi connectivity index (χ1v) is 7.00. The SMILES string of the molecule is NC1C2CCOC2C1NC(=O)c1cc2ccccc2[nH]1. The Morgan fingerprint density at radius 1 is 1.40 bits per heavy atom. The number of hydrogen-bond acceptors (Lipinski definition) is 3. The Hall–Kier alpha value is -1.85. The quantitative estimate of drug-likeness (QED) is 0.762.